The molecule has 1 atom stereocenters. The first kappa shape index (κ1) is 20.8. The van der Waals surface area contributed by atoms with Crippen molar-refractivity contribution in [1.29, 1.82) is 5.26 Å². The Morgan fingerprint density at radius 3 is 2.81 bits per heavy atom. The second-order valence-electron chi connectivity index (χ2n) is 8.24. The minimum absolute atomic E-state index is 0.0235. The molecule has 0 fully saturated rings. The molecule has 1 aliphatic rings. The van der Waals surface area contributed by atoms with Crippen molar-refractivity contribution in [3.05, 3.63) is 47.3 Å². The second kappa shape index (κ2) is 7.98. The van der Waals surface area contributed by atoms with Gasteiger partial charge in [0.25, 0.3) is 0 Å². The molecule has 0 aliphatic carbocycles. The van der Waals surface area contributed by atoms with Gasteiger partial charge in [-0.25, -0.2) is 14.6 Å². The van der Waals surface area contributed by atoms with Gasteiger partial charge in [0.1, 0.15) is 11.9 Å². The third kappa shape index (κ3) is 3.71. The van der Waals surface area contributed by atoms with Crippen LogP contribution in [0, 0.1) is 11.3 Å². The maximum Gasteiger partial charge on any atom is 0.228 e. The van der Waals surface area contributed by atoms with Crippen LogP contribution in [0.3, 0.4) is 0 Å². The highest BCUT2D eigenvalue weighted by atomic mass is 16.3. The number of aliphatic hydroxyl groups is 2. The number of benzene rings is 1. The maximum absolute atomic E-state index is 9.91. The molecule has 0 spiro atoms. The first-order valence-electron chi connectivity index (χ1n) is 10.1. The molecule has 1 unspecified atom stereocenters. The Hall–Kier alpha value is -3.48. The van der Waals surface area contributed by atoms with Crippen molar-refractivity contribution in [2.45, 2.75) is 38.8 Å². The molecule has 1 aromatic carbocycles. The van der Waals surface area contributed by atoms with Gasteiger partial charge in [-0.15, -0.1) is 0 Å². The highest BCUT2D eigenvalue weighted by Gasteiger charge is 2.36. The number of rotatable bonds is 6. The highest BCUT2D eigenvalue weighted by Crippen LogP contribution is 2.41. The van der Waals surface area contributed by atoms with Crippen molar-refractivity contribution >= 4 is 17.5 Å². The molecular weight excluding hydrogens is 394 g/mol. The molecule has 3 aromatic rings. The van der Waals surface area contributed by atoms with Gasteiger partial charge in [0.05, 0.1) is 35.9 Å². The van der Waals surface area contributed by atoms with Gasteiger partial charge in [0.15, 0.2) is 0 Å². The summed E-state index contributed by atoms with van der Waals surface area (Å²) in [6.07, 6.45) is 1.65. The van der Waals surface area contributed by atoms with Gasteiger partial charge in [-0.3, -0.25) is 0 Å². The minimum Gasteiger partial charge on any atom is -0.395 e. The Bertz CT molecular complexity index is 1170. The molecule has 160 valence electrons. The van der Waals surface area contributed by atoms with E-state index >= 15 is 0 Å². The van der Waals surface area contributed by atoms with E-state index in [1.807, 2.05) is 26.8 Å². The number of aliphatic hydroxyl groups excluding tert-OH is 2. The summed E-state index contributed by atoms with van der Waals surface area (Å²) >= 11 is 0. The monoisotopic (exact) mass is 419 g/mol. The van der Waals surface area contributed by atoms with E-state index < -0.39 is 5.41 Å². The van der Waals surface area contributed by atoms with E-state index in [2.05, 4.69) is 31.8 Å². The Labute approximate surface area is 180 Å². The number of nitrogens with zero attached hydrogens (tertiary/aromatic N) is 5. The summed E-state index contributed by atoms with van der Waals surface area (Å²) in [4.78, 5) is 8.94. The number of anilines is 3. The fourth-order valence-electron chi connectivity index (χ4n) is 3.77. The van der Waals surface area contributed by atoms with E-state index in [0.717, 1.165) is 16.8 Å². The van der Waals surface area contributed by atoms with Crippen LogP contribution < -0.4 is 10.6 Å². The molecule has 9 heteroatoms. The van der Waals surface area contributed by atoms with E-state index in [1.165, 1.54) is 0 Å². The first-order chi connectivity index (χ1) is 14.9. The number of hydrogen-bond donors (Lipinski definition) is 4. The molecule has 1 aliphatic heterocycles. The topological polar surface area (TPSA) is 132 Å². The zero-order chi connectivity index (χ0) is 22.2. The predicted molar refractivity (Wildman–Crippen MR) is 117 cm³/mol. The van der Waals surface area contributed by atoms with Crippen LogP contribution in [0.1, 0.15) is 43.6 Å². The number of fused-ring (bicyclic) bond motifs is 1. The molecule has 4 N–H and O–H groups in total. The van der Waals surface area contributed by atoms with Gasteiger partial charge in [0.2, 0.25) is 5.95 Å². The zero-order valence-corrected chi connectivity index (χ0v) is 17.7. The third-order valence-corrected chi connectivity index (χ3v) is 5.54. The number of nitrogens with one attached hydrogen (secondary N) is 2. The molecule has 0 saturated carbocycles. The van der Waals surface area contributed by atoms with Crippen LogP contribution in [0.4, 0.5) is 17.5 Å². The minimum atomic E-state index is -0.463. The highest BCUT2D eigenvalue weighted by molar-refractivity contribution is 5.76. The molecule has 2 aromatic heterocycles. The summed E-state index contributed by atoms with van der Waals surface area (Å²) < 4.78 is 1.77. The van der Waals surface area contributed by atoms with Crippen molar-refractivity contribution in [1.82, 2.24) is 19.7 Å². The summed E-state index contributed by atoms with van der Waals surface area (Å²) in [5, 5.41) is 39.8. The summed E-state index contributed by atoms with van der Waals surface area (Å²) in [5.41, 5.74) is 3.72. The van der Waals surface area contributed by atoms with Crippen molar-refractivity contribution in [3.63, 3.8) is 0 Å². The fourth-order valence-corrected chi connectivity index (χ4v) is 3.77. The lowest BCUT2D eigenvalue weighted by molar-refractivity contribution is 0.219. The average molecular weight is 419 g/mol. The Balaban J connectivity index is 1.73. The molecule has 9 nitrogen and oxygen atoms in total. The predicted octanol–water partition coefficient (Wildman–Crippen LogP) is 2.70. The maximum atomic E-state index is 9.91. The number of hydrogen-bond acceptors (Lipinski definition) is 8. The van der Waals surface area contributed by atoms with Gasteiger partial charge in [-0.1, -0.05) is 6.92 Å². The van der Waals surface area contributed by atoms with Gasteiger partial charge < -0.3 is 20.8 Å². The lowest BCUT2D eigenvalue weighted by atomic mass is 9.83. The van der Waals surface area contributed by atoms with Gasteiger partial charge in [-0.05, 0) is 37.6 Å². The molecule has 3 heterocycles. The van der Waals surface area contributed by atoms with Gasteiger partial charge in [0, 0.05) is 35.8 Å². The molecule has 0 amide bonds. The summed E-state index contributed by atoms with van der Waals surface area (Å²) in [6.45, 7) is 6.35. The molecule has 0 saturated heterocycles. The number of nitriles is 1. The van der Waals surface area contributed by atoms with E-state index in [-0.39, 0.29) is 19.3 Å². The van der Waals surface area contributed by atoms with Crippen LogP contribution in [0.5, 0.6) is 0 Å². The van der Waals surface area contributed by atoms with Crippen LogP contribution in [0.2, 0.25) is 0 Å². The van der Waals surface area contributed by atoms with Gasteiger partial charge in [-0.2, -0.15) is 10.4 Å². The van der Waals surface area contributed by atoms with E-state index in [9.17, 15) is 15.5 Å². The average Bonchev–Trinajstić information content (AvgIpc) is 3.35. The molecule has 4 rings (SSSR count). The zero-order valence-electron chi connectivity index (χ0n) is 17.7. The Morgan fingerprint density at radius 1 is 1.32 bits per heavy atom. The molecule has 0 bridgehead atoms. The lowest BCUT2D eigenvalue weighted by Gasteiger charge is -2.21. The van der Waals surface area contributed by atoms with Gasteiger partial charge >= 0.3 is 0 Å². The second-order valence-corrected chi connectivity index (χ2v) is 8.24. The van der Waals surface area contributed by atoms with Crippen molar-refractivity contribution in [2.75, 3.05) is 23.8 Å². The molecule has 31 heavy (non-hydrogen) atoms. The first-order valence-corrected chi connectivity index (χ1v) is 10.1. The summed E-state index contributed by atoms with van der Waals surface area (Å²) in [6, 6.07) is 9.64. The fraction of sp³-hybridized carbons (Fsp3) is 0.364. The van der Waals surface area contributed by atoms with Crippen LogP contribution in [0.15, 0.2) is 30.5 Å². The SMILES string of the molecule is CC(C)n1nc(CO)cc1Nc1nccc(-c2cc(C#N)c3c(c2)C(C)(CO)CN3)n1. The third-order valence-electron chi connectivity index (χ3n) is 5.54. The van der Waals surface area contributed by atoms with Crippen LogP contribution in [0.25, 0.3) is 11.3 Å². The van der Waals surface area contributed by atoms with E-state index in [4.69, 9.17) is 0 Å². The van der Waals surface area contributed by atoms with Crippen LogP contribution in [-0.4, -0.2) is 43.1 Å². The van der Waals surface area contributed by atoms with E-state index in [1.54, 1.807) is 29.1 Å². The molecular formula is C22H25N7O2. The quantitative estimate of drug-likeness (QED) is 0.479. The summed E-state index contributed by atoms with van der Waals surface area (Å²) in [5.74, 6) is 1.06. The van der Waals surface area contributed by atoms with Crippen molar-refractivity contribution in [3.8, 4) is 17.3 Å². The van der Waals surface area contributed by atoms with Crippen LogP contribution >= 0.6 is 0 Å². The van der Waals surface area contributed by atoms with Crippen molar-refractivity contribution < 1.29 is 10.2 Å². The Kier molecular flexibility index (Phi) is 5.35. The normalized spacial score (nSPS) is 17.3. The van der Waals surface area contributed by atoms with Crippen LogP contribution in [-0.2, 0) is 12.0 Å². The number of aromatic nitrogens is 4. The lowest BCUT2D eigenvalue weighted by Crippen LogP contribution is -2.28. The standard InChI is InChI=1S/C22H25N7O2/c1-13(2)29-19(8-16(10-30)28-29)27-21-24-5-4-18(26-21)14-6-15(9-23)20-17(7-14)22(3,12-31)11-25-20/h4-8,13,25,30-31H,10-12H2,1-3H3,(H,24,26,27). The largest absolute Gasteiger partial charge is 0.395 e. The van der Waals surface area contributed by atoms with Crippen molar-refractivity contribution in [2.24, 2.45) is 0 Å². The smallest absolute Gasteiger partial charge is 0.228 e. The Morgan fingerprint density at radius 2 is 2.13 bits per heavy atom. The van der Waals surface area contributed by atoms with E-state index in [0.29, 0.717) is 35.3 Å². The summed E-state index contributed by atoms with van der Waals surface area (Å²) in [7, 11) is 0. The molecule has 0 radical (unpaired) electrons.